The van der Waals surface area contributed by atoms with E-state index in [0.29, 0.717) is 29.0 Å². The van der Waals surface area contributed by atoms with Crippen LogP contribution in [-0.2, 0) is 4.79 Å². The van der Waals surface area contributed by atoms with Gasteiger partial charge in [-0.25, -0.2) is 0 Å². The summed E-state index contributed by atoms with van der Waals surface area (Å²) in [4.78, 5) is 24.1. The summed E-state index contributed by atoms with van der Waals surface area (Å²) >= 11 is 0. The van der Waals surface area contributed by atoms with Gasteiger partial charge in [0.25, 0.3) is 0 Å². The molecule has 0 fully saturated rings. The molecule has 0 aliphatic rings. The Hall–Kier alpha value is -2.88. The average molecular weight is 307 g/mol. The summed E-state index contributed by atoms with van der Waals surface area (Å²) in [7, 11) is 0. The monoisotopic (exact) mass is 307 g/mol. The maximum atomic E-state index is 12.6. The van der Waals surface area contributed by atoms with Crippen LogP contribution in [0.5, 0.6) is 0 Å². The van der Waals surface area contributed by atoms with Crippen molar-refractivity contribution in [1.29, 1.82) is 0 Å². The molecule has 1 N–H and O–H groups in total. The maximum Gasteiger partial charge on any atom is 0.228 e. The Morgan fingerprint density at radius 3 is 2.52 bits per heavy atom. The van der Waals surface area contributed by atoms with Gasteiger partial charge in [-0.1, -0.05) is 37.3 Å². The van der Waals surface area contributed by atoms with Crippen LogP contribution >= 0.6 is 0 Å². The van der Waals surface area contributed by atoms with Crippen LogP contribution in [0.4, 0.5) is 5.69 Å². The number of rotatable bonds is 4. The molecule has 0 aliphatic heterocycles. The van der Waals surface area contributed by atoms with Gasteiger partial charge in [0, 0.05) is 28.6 Å². The van der Waals surface area contributed by atoms with E-state index in [2.05, 4.69) is 5.32 Å². The number of carbonyl (C=O) groups is 2. The van der Waals surface area contributed by atoms with Crippen LogP contribution in [-0.4, -0.2) is 11.7 Å². The molecule has 0 saturated carbocycles. The van der Waals surface area contributed by atoms with Gasteiger partial charge in [0.15, 0.2) is 5.76 Å². The van der Waals surface area contributed by atoms with E-state index in [1.165, 1.54) is 0 Å². The van der Waals surface area contributed by atoms with Crippen molar-refractivity contribution in [3.05, 3.63) is 65.4 Å². The molecule has 0 saturated heterocycles. The Kier molecular flexibility index (Phi) is 3.98. The van der Waals surface area contributed by atoms with Crippen LogP contribution in [0.15, 0.2) is 52.9 Å². The molecule has 1 aromatic heterocycles. The van der Waals surface area contributed by atoms with Crippen molar-refractivity contribution in [3.63, 3.8) is 0 Å². The SMILES string of the molecule is CCC(=O)Nc1ccc2oc(C(=O)c3ccccc3)c(C)c2c1. The fraction of sp³-hybridized carbons (Fsp3) is 0.158. The highest BCUT2D eigenvalue weighted by atomic mass is 16.3. The fourth-order valence-corrected chi connectivity index (χ4v) is 2.49. The van der Waals surface area contributed by atoms with Crippen molar-refractivity contribution >= 4 is 28.3 Å². The molecular formula is C19H17NO3. The van der Waals surface area contributed by atoms with Crippen LogP contribution in [0.2, 0.25) is 0 Å². The highest BCUT2D eigenvalue weighted by Gasteiger charge is 2.19. The van der Waals surface area contributed by atoms with Gasteiger partial charge in [-0.05, 0) is 25.1 Å². The molecule has 0 radical (unpaired) electrons. The molecule has 116 valence electrons. The number of hydrogen-bond donors (Lipinski definition) is 1. The molecule has 4 nitrogen and oxygen atoms in total. The Labute approximate surface area is 134 Å². The summed E-state index contributed by atoms with van der Waals surface area (Å²) in [5, 5.41) is 3.65. The predicted molar refractivity (Wildman–Crippen MR) is 89.7 cm³/mol. The molecular weight excluding hydrogens is 290 g/mol. The second-order valence-corrected chi connectivity index (χ2v) is 5.36. The molecule has 0 aliphatic carbocycles. The van der Waals surface area contributed by atoms with E-state index in [1.807, 2.05) is 31.2 Å². The molecule has 4 heteroatoms. The quantitative estimate of drug-likeness (QED) is 0.730. The van der Waals surface area contributed by atoms with Crippen LogP contribution < -0.4 is 5.32 Å². The minimum Gasteiger partial charge on any atom is -0.452 e. The van der Waals surface area contributed by atoms with Crippen molar-refractivity contribution in [1.82, 2.24) is 0 Å². The lowest BCUT2D eigenvalue weighted by Gasteiger charge is -2.02. The van der Waals surface area contributed by atoms with Gasteiger partial charge in [-0.3, -0.25) is 9.59 Å². The number of amides is 1. The normalized spacial score (nSPS) is 10.7. The number of nitrogens with one attached hydrogen (secondary N) is 1. The van der Waals surface area contributed by atoms with Gasteiger partial charge in [0.2, 0.25) is 11.7 Å². The summed E-state index contributed by atoms with van der Waals surface area (Å²) in [6.07, 6.45) is 0.417. The smallest absolute Gasteiger partial charge is 0.228 e. The van der Waals surface area contributed by atoms with E-state index in [4.69, 9.17) is 4.42 Å². The minimum atomic E-state index is -0.140. The number of benzene rings is 2. The van der Waals surface area contributed by atoms with E-state index < -0.39 is 0 Å². The number of aryl methyl sites for hydroxylation is 1. The zero-order chi connectivity index (χ0) is 16.4. The second-order valence-electron chi connectivity index (χ2n) is 5.36. The number of carbonyl (C=O) groups excluding carboxylic acids is 2. The largest absolute Gasteiger partial charge is 0.452 e. The summed E-state index contributed by atoms with van der Waals surface area (Å²) < 4.78 is 5.74. The Morgan fingerprint density at radius 2 is 1.83 bits per heavy atom. The van der Waals surface area contributed by atoms with E-state index in [1.54, 1.807) is 31.2 Å². The molecule has 0 spiro atoms. The van der Waals surface area contributed by atoms with Crippen LogP contribution in [0.3, 0.4) is 0 Å². The van der Waals surface area contributed by atoms with Gasteiger partial charge in [0.05, 0.1) is 0 Å². The fourth-order valence-electron chi connectivity index (χ4n) is 2.49. The van der Waals surface area contributed by atoms with Gasteiger partial charge in [-0.2, -0.15) is 0 Å². The number of furan rings is 1. The number of fused-ring (bicyclic) bond motifs is 1. The van der Waals surface area contributed by atoms with Crippen molar-refractivity contribution in [3.8, 4) is 0 Å². The van der Waals surface area contributed by atoms with Gasteiger partial charge < -0.3 is 9.73 Å². The molecule has 2 aromatic carbocycles. The number of hydrogen-bond acceptors (Lipinski definition) is 3. The van der Waals surface area contributed by atoms with E-state index in [-0.39, 0.29) is 11.7 Å². The van der Waals surface area contributed by atoms with E-state index in [9.17, 15) is 9.59 Å². The topological polar surface area (TPSA) is 59.3 Å². The number of ketones is 1. The van der Waals surface area contributed by atoms with Crippen LogP contribution in [0.25, 0.3) is 11.0 Å². The van der Waals surface area contributed by atoms with E-state index in [0.717, 1.165) is 10.9 Å². The first-order valence-corrected chi connectivity index (χ1v) is 7.53. The molecule has 0 bridgehead atoms. The number of anilines is 1. The van der Waals surface area contributed by atoms with Crippen molar-refractivity contribution in [2.24, 2.45) is 0 Å². The highest BCUT2D eigenvalue weighted by molar-refractivity contribution is 6.10. The Morgan fingerprint density at radius 1 is 1.09 bits per heavy atom. The first-order valence-electron chi connectivity index (χ1n) is 7.53. The minimum absolute atomic E-state index is 0.0499. The van der Waals surface area contributed by atoms with Crippen LogP contribution in [0.1, 0.15) is 35.0 Å². The summed E-state index contributed by atoms with van der Waals surface area (Å²) in [5.41, 5.74) is 2.71. The third kappa shape index (κ3) is 2.88. The average Bonchev–Trinajstić information content (AvgIpc) is 2.91. The molecule has 3 aromatic rings. The molecule has 3 rings (SSSR count). The van der Waals surface area contributed by atoms with Gasteiger partial charge in [-0.15, -0.1) is 0 Å². The summed E-state index contributed by atoms with van der Waals surface area (Å²) in [6, 6.07) is 14.4. The third-order valence-electron chi connectivity index (χ3n) is 3.78. The van der Waals surface area contributed by atoms with E-state index >= 15 is 0 Å². The van der Waals surface area contributed by atoms with Gasteiger partial charge in [0.1, 0.15) is 5.58 Å². The Bertz CT molecular complexity index is 878. The third-order valence-corrected chi connectivity index (χ3v) is 3.78. The first kappa shape index (κ1) is 15.0. The lowest BCUT2D eigenvalue weighted by Crippen LogP contribution is -2.09. The van der Waals surface area contributed by atoms with Gasteiger partial charge >= 0.3 is 0 Å². The summed E-state index contributed by atoms with van der Waals surface area (Å²) in [6.45, 7) is 3.65. The van der Waals surface area contributed by atoms with Crippen molar-refractivity contribution in [2.75, 3.05) is 5.32 Å². The lowest BCUT2D eigenvalue weighted by molar-refractivity contribution is -0.115. The molecule has 1 amide bonds. The van der Waals surface area contributed by atoms with Crippen LogP contribution in [0, 0.1) is 6.92 Å². The molecule has 23 heavy (non-hydrogen) atoms. The summed E-state index contributed by atoms with van der Waals surface area (Å²) in [5.74, 6) is 0.148. The molecule has 0 atom stereocenters. The second kappa shape index (κ2) is 6.08. The zero-order valence-electron chi connectivity index (χ0n) is 13.1. The van der Waals surface area contributed by atoms with Crippen molar-refractivity contribution < 1.29 is 14.0 Å². The zero-order valence-corrected chi connectivity index (χ0v) is 13.1. The highest BCUT2D eigenvalue weighted by Crippen LogP contribution is 2.29. The maximum absolute atomic E-state index is 12.6. The predicted octanol–water partition coefficient (Wildman–Crippen LogP) is 4.32. The lowest BCUT2D eigenvalue weighted by atomic mass is 10.0. The Balaban J connectivity index is 2.02. The van der Waals surface area contributed by atoms with Crippen molar-refractivity contribution in [2.45, 2.75) is 20.3 Å². The standard InChI is InChI=1S/C19H17NO3/c1-3-17(21)20-14-9-10-16-15(11-14)12(2)19(23-16)18(22)13-7-5-4-6-8-13/h4-11H,3H2,1-2H3,(H,20,21). The molecule has 0 unspecified atom stereocenters. The molecule has 1 heterocycles. The first-order chi connectivity index (χ1) is 11.1.